The predicted octanol–water partition coefficient (Wildman–Crippen LogP) is 0.677. The molecule has 0 aromatic heterocycles. The fourth-order valence-corrected chi connectivity index (χ4v) is 1.24. The smallest absolute Gasteiger partial charge is 0.306 e. The number of rotatable bonds is 5. The molecular weight excluding hydrogens is 236 g/mol. The molecule has 1 aromatic carbocycles. The van der Waals surface area contributed by atoms with Crippen LogP contribution in [0.25, 0.3) is 0 Å². The predicted molar refractivity (Wildman–Crippen MR) is 64.8 cm³/mol. The summed E-state index contributed by atoms with van der Waals surface area (Å²) in [6.07, 6.45) is 0.200. The summed E-state index contributed by atoms with van der Waals surface area (Å²) in [6.45, 7) is 1.24. The number of nitrogens with two attached hydrogens (primary N) is 1. The number of hydrogen-bond acceptors (Lipinski definition) is 4. The van der Waals surface area contributed by atoms with E-state index in [0.717, 1.165) is 0 Å². The fraction of sp³-hybridized carbons (Fsp3) is 0.250. The van der Waals surface area contributed by atoms with Crippen molar-refractivity contribution in [1.82, 2.24) is 0 Å². The van der Waals surface area contributed by atoms with Crippen LogP contribution in [0, 0.1) is 0 Å². The fourth-order valence-electron chi connectivity index (χ4n) is 1.24. The van der Waals surface area contributed by atoms with E-state index in [1.54, 1.807) is 25.1 Å². The number of nitrogens with one attached hydrogen (secondary N) is 1. The highest BCUT2D eigenvalue weighted by Gasteiger charge is 2.11. The maximum Gasteiger partial charge on any atom is 0.306 e. The molecule has 0 radical (unpaired) electrons. The Labute approximate surface area is 104 Å². The third-order valence-electron chi connectivity index (χ3n) is 2.12. The lowest BCUT2D eigenvalue weighted by molar-refractivity contribution is -0.146. The van der Waals surface area contributed by atoms with E-state index in [1.165, 1.54) is 6.07 Å². The number of carbonyl (C=O) groups excluding carboxylic acids is 3. The van der Waals surface area contributed by atoms with Crippen LogP contribution in [0.1, 0.15) is 23.7 Å². The number of esters is 1. The first-order chi connectivity index (χ1) is 8.54. The van der Waals surface area contributed by atoms with Gasteiger partial charge in [0.1, 0.15) is 0 Å². The molecule has 0 aliphatic rings. The Morgan fingerprint density at radius 2 is 1.94 bits per heavy atom. The third kappa shape index (κ3) is 3.89. The van der Waals surface area contributed by atoms with Crippen LogP contribution in [0.3, 0.4) is 0 Å². The summed E-state index contributed by atoms with van der Waals surface area (Å²) < 4.78 is 4.66. The molecule has 6 nitrogen and oxygen atoms in total. The van der Waals surface area contributed by atoms with Gasteiger partial charge in [-0.25, -0.2) is 0 Å². The van der Waals surface area contributed by atoms with E-state index in [0.29, 0.717) is 5.69 Å². The quantitative estimate of drug-likeness (QED) is 0.750. The van der Waals surface area contributed by atoms with Crippen molar-refractivity contribution in [1.29, 1.82) is 0 Å². The lowest BCUT2D eigenvalue weighted by Crippen LogP contribution is -2.23. The molecule has 0 fully saturated rings. The van der Waals surface area contributed by atoms with Gasteiger partial charge in [0.15, 0.2) is 6.61 Å². The summed E-state index contributed by atoms with van der Waals surface area (Å²) in [5.74, 6) is -1.63. The van der Waals surface area contributed by atoms with E-state index in [1.807, 2.05) is 0 Å². The first-order valence-corrected chi connectivity index (χ1v) is 5.39. The molecule has 0 bridgehead atoms. The minimum absolute atomic E-state index is 0.200. The van der Waals surface area contributed by atoms with E-state index in [-0.39, 0.29) is 18.6 Å². The molecule has 3 N–H and O–H groups in total. The Morgan fingerprint density at radius 1 is 1.28 bits per heavy atom. The van der Waals surface area contributed by atoms with Gasteiger partial charge in [-0.05, 0) is 12.1 Å². The molecule has 0 spiro atoms. The minimum atomic E-state index is -0.642. The number of anilines is 1. The monoisotopic (exact) mass is 250 g/mol. The van der Waals surface area contributed by atoms with Crippen molar-refractivity contribution in [3.8, 4) is 0 Å². The van der Waals surface area contributed by atoms with E-state index >= 15 is 0 Å². The van der Waals surface area contributed by atoms with Gasteiger partial charge in [-0.1, -0.05) is 19.1 Å². The van der Waals surface area contributed by atoms with E-state index in [9.17, 15) is 14.4 Å². The maximum atomic E-state index is 11.5. The zero-order valence-corrected chi connectivity index (χ0v) is 9.93. The molecule has 0 aliphatic heterocycles. The summed E-state index contributed by atoms with van der Waals surface area (Å²) >= 11 is 0. The molecule has 0 unspecified atom stereocenters. The van der Waals surface area contributed by atoms with Crippen molar-refractivity contribution >= 4 is 23.5 Å². The van der Waals surface area contributed by atoms with Crippen LogP contribution in [0.15, 0.2) is 24.3 Å². The van der Waals surface area contributed by atoms with Gasteiger partial charge in [-0.2, -0.15) is 0 Å². The number of ether oxygens (including phenoxy) is 1. The summed E-state index contributed by atoms with van der Waals surface area (Å²) in [5.41, 5.74) is 5.65. The number of carbonyl (C=O) groups is 3. The topological polar surface area (TPSA) is 98.5 Å². The van der Waals surface area contributed by atoms with Crippen molar-refractivity contribution in [2.75, 3.05) is 11.9 Å². The molecule has 0 saturated heterocycles. The van der Waals surface area contributed by atoms with E-state index in [4.69, 9.17) is 5.73 Å². The molecule has 0 heterocycles. The Morgan fingerprint density at radius 3 is 2.56 bits per heavy atom. The maximum absolute atomic E-state index is 11.5. The van der Waals surface area contributed by atoms with Gasteiger partial charge in [0.2, 0.25) is 0 Å². The van der Waals surface area contributed by atoms with Gasteiger partial charge in [0.25, 0.3) is 11.8 Å². The molecule has 0 saturated carbocycles. The van der Waals surface area contributed by atoms with Gasteiger partial charge in [0, 0.05) is 6.42 Å². The lowest BCUT2D eigenvalue weighted by atomic mass is 10.1. The molecule has 0 aliphatic carbocycles. The number of amides is 2. The van der Waals surface area contributed by atoms with Gasteiger partial charge >= 0.3 is 5.97 Å². The number of primary amides is 1. The van der Waals surface area contributed by atoms with Gasteiger partial charge < -0.3 is 15.8 Å². The minimum Gasteiger partial charge on any atom is -0.456 e. The van der Waals surface area contributed by atoms with Crippen molar-refractivity contribution in [2.24, 2.45) is 5.73 Å². The van der Waals surface area contributed by atoms with Crippen LogP contribution in [-0.4, -0.2) is 24.4 Å². The second-order valence-corrected chi connectivity index (χ2v) is 3.47. The summed E-state index contributed by atoms with van der Waals surface area (Å²) in [5, 5.41) is 2.45. The van der Waals surface area contributed by atoms with Gasteiger partial charge in [-0.3, -0.25) is 14.4 Å². The average Bonchev–Trinajstić information content (AvgIpc) is 2.36. The zero-order valence-electron chi connectivity index (χ0n) is 9.93. The van der Waals surface area contributed by atoms with Crippen molar-refractivity contribution in [3.63, 3.8) is 0 Å². The van der Waals surface area contributed by atoms with E-state index in [2.05, 4.69) is 10.1 Å². The summed E-state index contributed by atoms with van der Waals surface area (Å²) in [6, 6.07) is 6.32. The van der Waals surface area contributed by atoms with Crippen molar-refractivity contribution in [3.05, 3.63) is 29.8 Å². The second kappa shape index (κ2) is 6.39. The number of para-hydroxylation sites is 1. The lowest BCUT2D eigenvalue weighted by Gasteiger charge is -2.08. The van der Waals surface area contributed by atoms with Crippen molar-refractivity contribution in [2.45, 2.75) is 13.3 Å². The average molecular weight is 250 g/mol. The normalized spacial score (nSPS) is 9.61. The molecule has 2 amide bonds. The first kappa shape index (κ1) is 13.7. The molecule has 1 rings (SSSR count). The molecule has 6 heteroatoms. The van der Waals surface area contributed by atoms with Crippen LogP contribution in [0.2, 0.25) is 0 Å². The molecular formula is C12H14N2O4. The Bertz CT molecular complexity index is 471. The van der Waals surface area contributed by atoms with Crippen LogP contribution in [0.4, 0.5) is 5.69 Å². The van der Waals surface area contributed by atoms with Crippen LogP contribution < -0.4 is 11.1 Å². The van der Waals surface area contributed by atoms with E-state index < -0.39 is 17.8 Å². The van der Waals surface area contributed by atoms with Gasteiger partial charge in [-0.15, -0.1) is 0 Å². The third-order valence-corrected chi connectivity index (χ3v) is 2.12. The molecule has 0 atom stereocenters. The standard InChI is InChI=1S/C12H14N2O4/c1-2-11(16)18-7-10(15)14-9-6-4-3-5-8(9)12(13)17/h3-6H,2,7H2,1H3,(H2,13,17)(H,14,15). The Hall–Kier alpha value is -2.37. The van der Waals surface area contributed by atoms with Crippen LogP contribution in [-0.2, 0) is 14.3 Å². The highest BCUT2D eigenvalue weighted by atomic mass is 16.5. The highest BCUT2D eigenvalue weighted by molar-refractivity contribution is 6.03. The van der Waals surface area contributed by atoms with Crippen molar-refractivity contribution < 1.29 is 19.1 Å². The first-order valence-electron chi connectivity index (χ1n) is 5.39. The zero-order chi connectivity index (χ0) is 13.5. The SMILES string of the molecule is CCC(=O)OCC(=O)Nc1ccccc1C(N)=O. The molecule has 18 heavy (non-hydrogen) atoms. The number of hydrogen-bond donors (Lipinski definition) is 2. The molecule has 96 valence electrons. The number of benzene rings is 1. The second-order valence-electron chi connectivity index (χ2n) is 3.47. The Kier molecular flexibility index (Phi) is 4.86. The summed E-state index contributed by atoms with van der Waals surface area (Å²) in [7, 11) is 0. The Balaban J connectivity index is 2.65. The molecule has 1 aromatic rings. The summed E-state index contributed by atoms with van der Waals surface area (Å²) in [4.78, 5) is 33.4. The van der Waals surface area contributed by atoms with Gasteiger partial charge in [0.05, 0.1) is 11.3 Å². The van der Waals surface area contributed by atoms with Crippen LogP contribution >= 0.6 is 0 Å². The highest BCUT2D eigenvalue weighted by Crippen LogP contribution is 2.13. The van der Waals surface area contributed by atoms with Crippen LogP contribution in [0.5, 0.6) is 0 Å². The largest absolute Gasteiger partial charge is 0.456 e.